The van der Waals surface area contributed by atoms with E-state index in [2.05, 4.69) is 92.5 Å². The molecule has 248 valence electrons. The van der Waals surface area contributed by atoms with E-state index in [0.29, 0.717) is 32.2 Å². The third-order valence-corrected chi connectivity index (χ3v) is 9.38. The second-order valence-electron chi connectivity index (χ2n) is 12.6. The molecule has 0 saturated heterocycles. The molecule has 0 heterocycles. The lowest BCUT2D eigenvalue weighted by atomic mass is 9.87. The van der Waals surface area contributed by atoms with Gasteiger partial charge in [-0.2, -0.15) is 0 Å². The van der Waals surface area contributed by atoms with Gasteiger partial charge in [-0.25, -0.2) is 4.79 Å². The Kier molecular flexibility index (Phi) is 12.3. The summed E-state index contributed by atoms with van der Waals surface area (Å²) in [7, 11) is 2.22. The SMILES string of the molecule is CCCc1ccc2c(c1)CCc1cc(C(C)c3ccccc3)ccc1C2N(C)CCOc1ccc(CC(OCC)C(=O)OCC)cc1. The van der Waals surface area contributed by atoms with Crippen molar-refractivity contribution < 1.29 is 19.0 Å². The zero-order valence-corrected chi connectivity index (χ0v) is 28.8. The van der Waals surface area contributed by atoms with Crippen molar-refractivity contribution in [1.82, 2.24) is 4.90 Å². The van der Waals surface area contributed by atoms with Gasteiger partial charge in [0.05, 0.1) is 12.6 Å². The molecule has 5 nitrogen and oxygen atoms in total. The molecular formula is C42H51NO4. The van der Waals surface area contributed by atoms with Gasteiger partial charge in [-0.3, -0.25) is 4.90 Å². The van der Waals surface area contributed by atoms with Crippen LogP contribution in [0.4, 0.5) is 0 Å². The Labute approximate surface area is 281 Å². The van der Waals surface area contributed by atoms with Crippen LogP contribution in [0.15, 0.2) is 91.0 Å². The first-order valence-corrected chi connectivity index (χ1v) is 17.4. The van der Waals surface area contributed by atoms with E-state index < -0.39 is 6.10 Å². The molecule has 0 bridgehead atoms. The summed E-state index contributed by atoms with van der Waals surface area (Å²) in [6, 6.07) is 33.3. The standard InChI is InChI=1S/C42H51NO4/c1-6-12-31-17-23-38-35(27-31)18-19-36-29-34(30(4)33-13-10-9-11-14-33)20-24-39(36)41(38)43(5)25-26-47-37-21-15-32(16-22-37)28-40(45-7-2)42(44)46-8-3/h9-11,13-17,20-24,27,29-30,40-41H,6-8,12,18-19,25-26,28H2,1-5H3. The topological polar surface area (TPSA) is 48.0 Å². The van der Waals surface area contributed by atoms with Crippen LogP contribution in [0.3, 0.4) is 0 Å². The molecule has 1 aliphatic rings. The summed E-state index contributed by atoms with van der Waals surface area (Å²) in [4.78, 5) is 14.7. The van der Waals surface area contributed by atoms with Crippen LogP contribution >= 0.6 is 0 Å². The van der Waals surface area contributed by atoms with Gasteiger partial charge in [0.1, 0.15) is 12.4 Å². The number of likely N-dealkylation sites (N-methyl/N-ethyl adjacent to an activating group) is 1. The van der Waals surface area contributed by atoms with E-state index in [1.807, 2.05) is 38.1 Å². The van der Waals surface area contributed by atoms with Crippen molar-refractivity contribution in [1.29, 1.82) is 0 Å². The molecule has 5 rings (SSSR count). The van der Waals surface area contributed by atoms with E-state index in [1.54, 1.807) is 0 Å². The summed E-state index contributed by atoms with van der Waals surface area (Å²) in [5, 5.41) is 0. The number of aryl methyl sites for hydroxylation is 3. The van der Waals surface area contributed by atoms with Crippen molar-refractivity contribution in [3.05, 3.63) is 136 Å². The average Bonchev–Trinajstić information content (AvgIpc) is 3.25. The third-order valence-electron chi connectivity index (χ3n) is 9.38. The van der Waals surface area contributed by atoms with Gasteiger partial charge < -0.3 is 14.2 Å². The molecule has 0 radical (unpaired) electrons. The second-order valence-corrected chi connectivity index (χ2v) is 12.6. The van der Waals surface area contributed by atoms with Gasteiger partial charge in [0.2, 0.25) is 0 Å². The monoisotopic (exact) mass is 633 g/mol. The molecule has 3 unspecified atom stereocenters. The van der Waals surface area contributed by atoms with Crippen molar-refractivity contribution in [2.45, 2.75) is 77.9 Å². The smallest absolute Gasteiger partial charge is 0.335 e. The van der Waals surface area contributed by atoms with Crippen molar-refractivity contribution in [2.75, 3.05) is 33.4 Å². The summed E-state index contributed by atoms with van der Waals surface area (Å²) in [5.41, 5.74) is 10.9. The first-order valence-electron chi connectivity index (χ1n) is 17.4. The highest BCUT2D eigenvalue weighted by atomic mass is 16.6. The molecular weight excluding hydrogens is 582 g/mol. The summed E-state index contributed by atoms with van der Waals surface area (Å²) in [6.07, 6.45) is 4.24. The molecule has 4 aromatic carbocycles. The third kappa shape index (κ3) is 8.71. The number of rotatable bonds is 15. The number of carbonyl (C=O) groups is 1. The predicted octanol–water partition coefficient (Wildman–Crippen LogP) is 8.50. The number of nitrogens with zero attached hydrogens (tertiary/aromatic N) is 1. The van der Waals surface area contributed by atoms with Crippen LogP contribution in [0.5, 0.6) is 5.75 Å². The van der Waals surface area contributed by atoms with E-state index >= 15 is 0 Å². The Morgan fingerprint density at radius 3 is 2.17 bits per heavy atom. The lowest BCUT2D eigenvalue weighted by molar-refractivity contribution is -0.156. The zero-order chi connectivity index (χ0) is 33.2. The van der Waals surface area contributed by atoms with Crippen LogP contribution in [-0.4, -0.2) is 50.4 Å². The number of hydrogen-bond acceptors (Lipinski definition) is 5. The highest BCUT2D eigenvalue weighted by Crippen LogP contribution is 2.38. The second kappa shape index (κ2) is 16.8. The minimum atomic E-state index is -0.596. The molecule has 0 aromatic heterocycles. The van der Waals surface area contributed by atoms with Gasteiger partial charge in [-0.15, -0.1) is 0 Å². The van der Waals surface area contributed by atoms with Gasteiger partial charge in [0.25, 0.3) is 0 Å². The fraction of sp³-hybridized carbons (Fsp3) is 0.405. The van der Waals surface area contributed by atoms with Gasteiger partial charge in [-0.05, 0) is 96.8 Å². The quantitative estimate of drug-likeness (QED) is 0.123. The molecule has 0 aliphatic heterocycles. The van der Waals surface area contributed by atoms with E-state index in [9.17, 15) is 4.79 Å². The zero-order valence-electron chi connectivity index (χ0n) is 28.8. The van der Waals surface area contributed by atoms with Crippen molar-refractivity contribution in [3.63, 3.8) is 0 Å². The van der Waals surface area contributed by atoms with Crippen molar-refractivity contribution >= 4 is 5.97 Å². The maximum absolute atomic E-state index is 12.3. The molecule has 0 saturated carbocycles. The maximum Gasteiger partial charge on any atom is 0.335 e. The van der Waals surface area contributed by atoms with Crippen LogP contribution in [0, 0.1) is 0 Å². The van der Waals surface area contributed by atoms with Crippen LogP contribution in [-0.2, 0) is 40.0 Å². The lowest BCUT2D eigenvalue weighted by Crippen LogP contribution is -2.30. The summed E-state index contributed by atoms with van der Waals surface area (Å²) >= 11 is 0. The molecule has 47 heavy (non-hydrogen) atoms. The van der Waals surface area contributed by atoms with Gasteiger partial charge in [0.15, 0.2) is 6.10 Å². The number of carbonyl (C=O) groups excluding carboxylic acids is 1. The Morgan fingerprint density at radius 1 is 0.809 bits per heavy atom. The Balaban J connectivity index is 1.31. The Bertz CT molecular complexity index is 1580. The van der Waals surface area contributed by atoms with E-state index in [4.69, 9.17) is 14.2 Å². The fourth-order valence-corrected chi connectivity index (χ4v) is 6.83. The molecule has 3 atom stereocenters. The molecule has 4 aromatic rings. The number of hydrogen-bond donors (Lipinski definition) is 0. The first kappa shape index (κ1) is 34.4. The largest absolute Gasteiger partial charge is 0.492 e. The maximum atomic E-state index is 12.3. The van der Waals surface area contributed by atoms with E-state index in [-0.39, 0.29) is 12.0 Å². The van der Waals surface area contributed by atoms with E-state index in [0.717, 1.165) is 43.5 Å². The van der Waals surface area contributed by atoms with Gasteiger partial charge in [-0.1, -0.05) is 99.1 Å². The van der Waals surface area contributed by atoms with Crippen LogP contribution in [0.25, 0.3) is 0 Å². The van der Waals surface area contributed by atoms with Crippen molar-refractivity contribution in [3.8, 4) is 5.75 Å². The first-order chi connectivity index (χ1) is 22.9. The van der Waals surface area contributed by atoms with Crippen molar-refractivity contribution in [2.24, 2.45) is 0 Å². The van der Waals surface area contributed by atoms with Gasteiger partial charge >= 0.3 is 5.97 Å². The normalized spacial score (nSPS) is 15.3. The lowest BCUT2D eigenvalue weighted by Gasteiger charge is -2.31. The average molecular weight is 634 g/mol. The summed E-state index contributed by atoms with van der Waals surface area (Å²) < 4.78 is 17.1. The Morgan fingerprint density at radius 2 is 1.49 bits per heavy atom. The number of fused-ring (bicyclic) bond motifs is 2. The minimum Gasteiger partial charge on any atom is -0.492 e. The molecule has 5 heteroatoms. The van der Waals surface area contributed by atoms with Crippen LogP contribution < -0.4 is 4.74 Å². The highest BCUT2D eigenvalue weighted by Gasteiger charge is 2.28. The Hall–Kier alpha value is -3.93. The summed E-state index contributed by atoms with van der Waals surface area (Å²) in [6.45, 7) is 10.4. The summed E-state index contributed by atoms with van der Waals surface area (Å²) in [5.74, 6) is 0.842. The van der Waals surface area contributed by atoms with Crippen LogP contribution in [0.2, 0.25) is 0 Å². The molecule has 0 spiro atoms. The molecule has 0 fully saturated rings. The highest BCUT2D eigenvalue weighted by molar-refractivity contribution is 5.75. The number of esters is 1. The van der Waals surface area contributed by atoms with Crippen LogP contribution in [0.1, 0.15) is 90.6 Å². The number of benzene rings is 4. The molecule has 0 amide bonds. The van der Waals surface area contributed by atoms with Gasteiger partial charge in [0, 0.05) is 25.5 Å². The van der Waals surface area contributed by atoms with E-state index in [1.165, 1.54) is 38.9 Å². The number of ether oxygens (including phenoxy) is 3. The molecule has 1 aliphatic carbocycles. The minimum absolute atomic E-state index is 0.156. The molecule has 0 N–H and O–H groups in total. The predicted molar refractivity (Wildman–Crippen MR) is 190 cm³/mol. The fourth-order valence-electron chi connectivity index (χ4n) is 6.83.